The van der Waals surface area contributed by atoms with E-state index in [1.165, 1.54) is 24.1 Å². The molecule has 2 aromatic rings. The first-order chi connectivity index (χ1) is 14.4. The summed E-state index contributed by atoms with van der Waals surface area (Å²) >= 11 is 0. The number of anilines is 2. The lowest BCUT2D eigenvalue weighted by Crippen LogP contribution is -2.46. The van der Waals surface area contributed by atoms with Gasteiger partial charge in [-0.3, -0.25) is 14.6 Å². The average Bonchev–Trinajstić information content (AvgIpc) is 2.69. The number of primary amides is 1. The van der Waals surface area contributed by atoms with Gasteiger partial charge < -0.3 is 16.0 Å². The number of hydrogen-bond acceptors (Lipinski definition) is 5. The van der Waals surface area contributed by atoms with Crippen molar-refractivity contribution in [2.75, 3.05) is 23.3 Å². The lowest BCUT2D eigenvalue weighted by Gasteiger charge is -2.38. The molecule has 0 aliphatic carbocycles. The molecule has 0 radical (unpaired) electrons. The fourth-order valence-electron chi connectivity index (χ4n) is 3.15. The average molecular weight is 443 g/mol. The van der Waals surface area contributed by atoms with E-state index in [0.717, 1.165) is 6.07 Å². The maximum absolute atomic E-state index is 13.8. The van der Waals surface area contributed by atoms with Gasteiger partial charge in [0.15, 0.2) is 0 Å². The summed E-state index contributed by atoms with van der Waals surface area (Å²) in [5.41, 5.74) is 3.43. The zero-order valence-corrected chi connectivity index (χ0v) is 16.2. The molecule has 0 aromatic carbocycles. The van der Waals surface area contributed by atoms with Crippen molar-refractivity contribution in [3.8, 4) is 0 Å². The minimum atomic E-state index is -4.77. The number of piperidine rings is 1. The number of aromatic nitrogens is 2. The Morgan fingerprint density at radius 1 is 1.26 bits per heavy atom. The largest absolute Gasteiger partial charge is 0.417 e. The molecule has 3 N–H and O–H groups in total. The molecular weight excluding hydrogens is 425 g/mol. The van der Waals surface area contributed by atoms with Crippen molar-refractivity contribution < 1.29 is 31.5 Å². The number of pyridine rings is 2. The topological polar surface area (TPSA) is 101 Å². The van der Waals surface area contributed by atoms with Crippen LogP contribution >= 0.6 is 0 Å². The van der Waals surface area contributed by atoms with E-state index in [1.807, 2.05) is 0 Å². The van der Waals surface area contributed by atoms with Crippen LogP contribution < -0.4 is 16.0 Å². The molecule has 0 bridgehead atoms. The predicted molar refractivity (Wildman–Crippen MR) is 101 cm³/mol. The fourth-order valence-corrected chi connectivity index (χ4v) is 3.15. The Balaban J connectivity index is 1.97. The van der Waals surface area contributed by atoms with Crippen LogP contribution in [0.3, 0.4) is 0 Å². The molecule has 1 aliphatic heterocycles. The minimum absolute atomic E-state index is 0.0655. The summed E-state index contributed by atoms with van der Waals surface area (Å²) in [6.45, 7) is 0.947. The van der Waals surface area contributed by atoms with Crippen molar-refractivity contribution in [3.05, 3.63) is 47.4 Å². The number of nitrogens with one attached hydrogen (secondary N) is 1. The van der Waals surface area contributed by atoms with Gasteiger partial charge in [-0.05, 0) is 18.2 Å². The molecule has 0 saturated carbocycles. The van der Waals surface area contributed by atoms with Gasteiger partial charge in [0, 0.05) is 43.5 Å². The summed E-state index contributed by atoms with van der Waals surface area (Å²) in [7, 11) is 0. The minimum Gasteiger partial charge on any atom is -0.364 e. The Hall–Kier alpha value is -3.31. The first-order valence-corrected chi connectivity index (χ1v) is 9.15. The lowest BCUT2D eigenvalue weighted by molar-refractivity contribution is -0.137. The number of carbonyl (C=O) groups excluding carboxylic acids is 2. The third kappa shape index (κ3) is 4.89. The Labute approximate surface area is 173 Å². The normalized spacial score (nSPS) is 18.5. The number of nitrogens with zero attached hydrogens (tertiary/aromatic N) is 3. The number of rotatable bonds is 4. The number of amides is 2. The maximum Gasteiger partial charge on any atom is 0.417 e. The SMILES string of the molecule is C[C@@H]1CN(c2ncc(C(F)(F)F)cc2C(=O)Nc2ccnc(C(N)=O)c2)CCC1(F)F. The first kappa shape index (κ1) is 22.4. The standard InChI is InChI=1S/C19H18F5N5O2/c1-10-9-29(5-3-18(10,20)21)16-13(6-11(8-27-16)19(22,23)24)17(31)28-12-2-4-26-14(7-12)15(25)30/h2,4,6-8,10H,3,5,9H2,1H3,(H2,25,30)(H,26,28,31)/t10-/m1/s1. The molecule has 1 saturated heterocycles. The molecule has 1 atom stereocenters. The molecule has 31 heavy (non-hydrogen) atoms. The van der Waals surface area contributed by atoms with Crippen LogP contribution in [0, 0.1) is 5.92 Å². The summed E-state index contributed by atoms with van der Waals surface area (Å²) in [4.78, 5) is 32.9. The van der Waals surface area contributed by atoms with Gasteiger partial charge in [0.2, 0.25) is 0 Å². The van der Waals surface area contributed by atoms with Crippen molar-refractivity contribution in [3.63, 3.8) is 0 Å². The highest BCUT2D eigenvalue weighted by atomic mass is 19.4. The van der Waals surface area contributed by atoms with Crippen molar-refractivity contribution in [2.24, 2.45) is 11.7 Å². The molecule has 1 aliphatic rings. The Morgan fingerprint density at radius 2 is 1.97 bits per heavy atom. The van der Waals surface area contributed by atoms with E-state index >= 15 is 0 Å². The second-order valence-corrected chi connectivity index (χ2v) is 7.20. The van der Waals surface area contributed by atoms with E-state index in [4.69, 9.17) is 5.73 Å². The third-order valence-corrected chi connectivity index (χ3v) is 4.94. The van der Waals surface area contributed by atoms with Crippen LogP contribution in [0.15, 0.2) is 30.6 Å². The predicted octanol–water partition coefficient (Wildman–Crippen LogP) is 3.33. The Bertz CT molecular complexity index is 1010. The monoisotopic (exact) mass is 443 g/mol. The Kier molecular flexibility index (Phi) is 5.83. The number of carbonyl (C=O) groups is 2. The fraction of sp³-hybridized carbons (Fsp3) is 0.368. The van der Waals surface area contributed by atoms with Gasteiger partial charge in [0.25, 0.3) is 17.7 Å². The van der Waals surface area contributed by atoms with Gasteiger partial charge in [-0.1, -0.05) is 6.92 Å². The zero-order chi connectivity index (χ0) is 23.0. The van der Waals surface area contributed by atoms with Crippen LogP contribution in [0.2, 0.25) is 0 Å². The maximum atomic E-state index is 13.8. The van der Waals surface area contributed by atoms with E-state index in [9.17, 15) is 31.5 Å². The highest BCUT2D eigenvalue weighted by Gasteiger charge is 2.42. The molecule has 2 amide bonds. The number of halogens is 5. The molecule has 12 heteroatoms. The van der Waals surface area contributed by atoms with Crippen molar-refractivity contribution in [1.29, 1.82) is 0 Å². The van der Waals surface area contributed by atoms with E-state index in [1.54, 1.807) is 0 Å². The number of hydrogen-bond donors (Lipinski definition) is 2. The highest BCUT2D eigenvalue weighted by Crippen LogP contribution is 2.37. The number of nitrogens with two attached hydrogens (primary N) is 1. The van der Waals surface area contributed by atoms with Gasteiger partial charge in [-0.25, -0.2) is 13.8 Å². The van der Waals surface area contributed by atoms with Crippen molar-refractivity contribution >= 4 is 23.3 Å². The van der Waals surface area contributed by atoms with Crippen LogP contribution in [0.1, 0.15) is 39.8 Å². The summed E-state index contributed by atoms with van der Waals surface area (Å²) in [5.74, 6) is -5.97. The van der Waals surface area contributed by atoms with Gasteiger partial charge >= 0.3 is 6.18 Å². The molecule has 7 nitrogen and oxygen atoms in total. The second-order valence-electron chi connectivity index (χ2n) is 7.20. The smallest absolute Gasteiger partial charge is 0.364 e. The van der Waals surface area contributed by atoms with E-state index < -0.39 is 47.4 Å². The van der Waals surface area contributed by atoms with E-state index in [-0.39, 0.29) is 30.3 Å². The van der Waals surface area contributed by atoms with Crippen molar-refractivity contribution in [2.45, 2.75) is 25.4 Å². The summed E-state index contributed by atoms with van der Waals surface area (Å²) in [6.07, 6.45) is -3.54. The zero-order valence-electron chi connectivity index (χ0n) is 16.2. The number of alkyl halides is 5. The first-order valence-electron chi connectivity index (χ1n) is 9.15. The molecule has 0 spiro atoms. The van der Waals surface area contributed by atoms with E-state index in [2.05, 4.69) is 15.3 Å². The molecule has 3 rings (SSSR count). The second kappa shape index (κ2) is 8.08. The van der Waals surface area contributed by atoms with Gasteiger partial charge in [0.1, 0.15) is 11.5 Å². The summed E-state index contributed by atoms with van der Waals surface area (Å²) in [5, 5.41) is 2.37. The Morgan fingerprint density at radius 3 is 2.58 bits per heavy atom. The van der Waals surface area contributed by atoms with Crippen LogP contribution in [0.25, 0.3) is 0 Å². The molecule has 2 aromatic heterocycles. The highest BCUT2D eigenvalue weighted by molar-refractivity contribution is 6.08. The third-order valence-electron chi connectivity index (χ3n) is 4.94. The summed E-state index contributed by atoms with van der Waals surface area (Å²) < 4.78 is 67.3. The lowest BCUT2D eigenvalue weighted by atomic mass is 9.95. The van der Waals surface area contributed by atoms with Gasteiger partial charge in [-0.2, -0.15) is 13.2 Å². The summed E-state index contributed by atoms with van der Waals surface area (Å²) in [6, 6.07) is 3.09. The molecule has 3 heterocycles. The molecule has 0 unspecified atom stereocenters. The van der Waals surface area contributed by atoms with Gasteiger partial charge in [-0.15, -0.1) is 0 Å². The van der Waals surface area contributed by atoms with Crippen molar-refractivity contribution in [1.82, 2.24) is 9.97 Å². The van der Waals surface area contributed by atoms with E-state index in [0.29, 0.717) is 12.3 Å². The van der Waals surface area contributed by atoms with Crippen LogP contribution in [0.4, 0.5) is 33.5 Å². The quantitative estimate of drug-likeness (QED) is 0.706. The van der Waals surface area contributed by atoms with Gasteiger partial charge in [0.05, 0.1) is 11.1 Å². The van der Waals surface area contributed by atoms with Crippen LogP contribution in [0.5, 0.6) is 0 Å². The molecule has 166 valence electrons. The van der Waals surface area contributed by atoms with Crippen LogP contribution in [-0.2, 0) is 6.18 Å². The van der Waals surface area contributed by atoms with Crippen LogP contribution in [-0.4, -0.2) is 40.8 Å². The molecule has 1 fully saturated rings. The molecular formula is C19H18F5N5O2.